The number of carbonyl (C=O) groups excluding carboxylic acids is 1. The lowest BCUT2D eigenvalue weighted by molar-refractivity contribution is 0.0959. The molecule has 1 aromatic carbocycles. The largest absolute Gasteiger partial charge is 0.347 e. The van der Waals surface area contributed by atoms with E-state index >= 15 is 0 Å². The quantitative estimate of drug-likeness (QED) is 0.721. The number of nitrogens with zero attached hydrogens (tertiary/aromatic N) is 1. The van der Waals surface area contributed by atoms with Gasteiger partial charge in [0.15, 0.2) is 0 Å². The van der Waals surface area contributed by atoms with Gasteiger partial charge >= 0.3 is 0 Å². The highest BCUT2D eigenvalue weighted by Crippen LogP contribution is 1.97. The summed E-state index contributed by atoms with van der Waals surface area (Å²) in [6.45, 7) is 2.38. The van der Waals surface area contributed by atoms with E-state index in [1.807, 2.05) is 25.1 Å². The topological polar surface area (TPSA) is 41.5 Å². The van der Waals surface area contributed by atoms with Crippen LogP contribution in [-0.4, -0.2) is 25.2 Å². The van der Waals surface area contributed by atoms with E-state index in [9.17, 15) is 4.79 Å². The van der Waals surface area contributed by atoms with E-state index in [0.29, 0.717) is 12.1 Å². The van der Waals surface area contributed by atoms with Crippen molar-refractivity contribution in [2.45, 2.75) is 6.92 Å². The van der Waals surface area contributed by atoms with Gasteiger partial charge in [-0.15, -0.1) is 0 Å². The van der Waals surface area contributed by atoms with Crippen LogP contribution in [0.3, 0.4) is 0 Å². The predicted octanol–water partition coefficient (Wildman–Crippen LogP) is 1.51. The Morgan fingerprint density at radius 2 is 2.00 bits per heavy atom. The number of hydrogen-bond acceptors (Lipinski definition) is 2. The molecule has 0 bridgehead atoms. The molecule has 0 aliphatic carbocycles. The van der Waals surface area contributed by atoms with E-state index in [-0.39, 0.29) is 5.91 Å². The lowest BCUT2D eigenvalue weighted by Crippen LogP contribution is -2.28. The third-order valence-corrected chi connectivity index (χ3v) is 1.92. The standard InChI is InChI=1S/C11H14N2O/c1-9(12-2)8-13-11(14)10-6-4-3-5-7-10/h3-7H,8H2,1-2H3,(H,13,14). The average Bonchev–Trinajstić information content (AvgIpc) is 2.26. The van der Waals surface area contributed by atoms with Crippen molar-refractivity contribution < 1.29 is 4.79 Å². The zero-order valence-electron chi connectivity index (χ0n) is 8.45. The third kappa shape index (κ3) is 3.01. The molecule has 0 atom stereocenters. The molecule has 0 radical (unpaired) electrons. The summed E-state index contributed by atoms with van der Waals surface area (Å²) in [5, 5.41) is 2.78. The van der Waals surface area contributed by atoms with Crippen LogP contribution >= 0.6 is 0 Å². The Kier molecular flexibility index (Phi) is 3.85. The number of hydrogen-bond donors (Lipinski definition) is 1. The fourth-order valence-corrected chi connectivity index (χ4v) is 0.979. The number of benzene rings is 1. The Labute approximate surface area is 83.9 Å². The van der Waals surface area contributed by atoms with Crippen molar-refractivity contribution in [3.63, 3.8) is 0 Å². The van der Waals surface area contributed by atoms with Gasteiger partial charge in [-0.25, -0.2) is 0 Å². The molecule has 0 saturated heterocycles. The maximum absolute atomic E-state index is 11.5. The van der Waals surface area contributed by atoms with Crippen LogP contribution in [-0.2, 0) is 0 Å². The Balaban J connectivity index is 2.52. The molecule has 3 heteroatoms. The predicted molar refractivity (Wildman–Crippen MR) is 57.8 cm³/mol. The van der Waals surface area contributed by atoms with Gasteiger partial charge in [-0.05, 0) is 19.1 Å². The number of rotatable bonds is 3. The summed E-state index contributed by atoms with van der Waals surface area (Å²) in [4.78, 5) is 15.5. The molecule has 1 aromatic rings. The van der Waals surface area contributed by atoms with Crippen molar-refractivity contribution >= 4 is 11.6 Å². The van der Waals surface area contributed by atoms with Gasteiger partial charge in [0.05, 0.1) is 6.54 Å². The molecule has 74 valence electrons. The summed E-state index contributed by atoms with van der Waals surface area (Å²) in [6, 6.07) is 9.14. The molecule has 0 aliphatic heterocycles. The zero-order valence-corrected chi connectivity index (χ0v) is 8.45. The van der Waals surface area contributed by atoms with Crippen LogP contribution < -0.4 is 5.32 Å². The number of nitrogens with one attached hydrogen (secondary N) is 1. The minimum atomic E-state index is -0.0615. The molecule has 1 rings (SSSR count). The molecule has 0 heterocycles. The summed E-state index contributed by atoms with van der Waals surface area (Å²) in [7, 11) is 1.71. The lowest BCUT2D eigenvalue weighted by atomic mass is 10.2. The number of amides is 1. The maximum Gasteiger partial charge on any atom is 0.251 e. The van der Waals surface area contributed by atoms with Crippen LogP contribution in [0.1, 0.15) is 17.3 Å². The highest BCUT2D eigenvalue weighted by molar-refractivity contribution is 5.97. The summed E-state index contributed by atoms with van der Waals surface area (Å²) in [6.07, 6.45) is 0. The summed E-state index contributed by atoms with van der Waals surface area (Å²) in [5.74, 6) is -0.0615. The molecule has 3 nitrogen and oxygen atoms in total. The van der Waals surface area contributed by atoms with E-state index in [4.69, 9.17) is 0 Å². The van der Waals surface area contributed by atoms with Gasteiger partial charge in [-0.2, -0.15) is 0 Å². The van der Waals surface area contributed by atoms with Gasteiger partial charge in [0.2, 0.25) is 0 Å². The van der Waals surface area contributed by atoms with Crippen molar-refractivity contribution in [1.29, 1.82) is 0 Å². The molecular weight excluding hydrogens is 176 g/mol. The van der Waals surface area contributed by atoms with Crippen molar-refractivity contribution in [2.24, 2.45) is 4.99 Å². The second-order valence-electron chi connectivity index (χ2n) is 3.01. The Morgan fingerprint density at radius 3 is 2.57 bits per heavy atom. The van der Waals surface area contributed by atoms with E-state index in [1.165, 1.54) is 0 Å². The molecule has 1 N–H and O–H groups in total. The van der Waals surface area contributed by atoms with Crippen LogP contribution in [0.25, 0.3) is 0 Å². The summed E-state index contributed by atoms with van der Waals surface area (Å²) in [5.41, 5.74) is 1.59. The first-order chi connectivity index (χ1) is 6.74. The van der Waals surface area contributed by atoms with Crippen LogP contribution in [0.5, 0.6) is 0 Å². The molecule has 1 amide bonds. The van der Waals surface area contributed by atoms with Crippen LogP contribution in [0.4, 0.5) is 0 Å². The van der Waals surface area contributed by atoms with Gasteiger partial charge < -0.3 is 5.32 Å². The molecule has 0 fully saturated rings. The van der Waals surface area contributed by atoms with Crippen LogP contribution in [0, 0.1) is 0 Å². The number of carbonyl (C=O) groups is 1. The molecule has 0 spiro atoms. The van der Waals surface area contributed by atoms with Crippen molar-refractivity contribution in [1.82, 2.24) is 5.32 Å². The van der Waals surface area contributed by atoms with E-state index < -0.39 is 0 Å². The number of aliphatic imine (C=N–C) groups is 1. The second kappa shape index (κ2) is 5.17. The fourth-order valence-electron chi connectivity index (χ4n) is 0.979. The summed E-state index contributed by atoms with van der Waals surface area (Å²) < 4.78 is 0. The van der Waals surface area contributed by atoms with Crippen molar-refractivity contribution in [3.8, 4) is 0 Å². The van der Waals surface area contributed by atoms with Gasteiger partial charge in [-0.3, -0.25) is 9.79 Å². The lowest BCUT2D eigenvalue weighted by Gasteiger charge is -2.03. The average molecular weight is 190 g/mol. The Hall–Kier alpha value is -1.64. The molecule has 0 aliphatic rings. The monoisotopic (exact) mass is 190 g/mol. The highest BCUT2D eigenvalue weighted by Gasteiger charge is 2.02. The highest BCUT2D eigenvalue weighted by atomic mass is 16.1. The Bertz CT molecular complexity index is 330. The minimum Gasteiger partial charge on any atom is -0.347 e. The smallest absolute Gasteiger partial charge is 0.251 e. The first-order valence-electron chi connectivity index (χ1n) is 4.49. The van der Waals surface area contributed by atoms with Crippen molar-refractivity contribution in [3.05, 3.63) is 35.9 Å². The molecule has 0 saturated carbocycles. The molecule has 0 aromatic heterocycles. The second-order valence-corrected chi connectivity index (χ2v) is 3.01. The van der Waals surface area contributed by atoms with Gasteiger partial charge in [0.1, 0.15) is 0 Å². The zero-order chi connectivity index (χ0) is 10.4. The first kappa shape index (κ1) is 10.4. The first-order valence-corrected chi connectivity index (χ1v) is 4.49. The van der Waals surface area contributed by atoms with Crippen LogP contribution in [0.15, 0.2) is 35.3 Å². The molecular formula is C11H14N2O. The van der Waals surface area contributed by atoms with E-state index in [1.54, 1.807) is 19.2 Å². The Morgan fingerprint density at radius 1 is 1.36 bits per heavy atom. The van der Waals surface area contributed by atoms with Gasteiger partial charge in [0, 0.05) is 18.3 Å². The SMILES string of the molecule is CN=C(C)CNC(=O)c1ccccc1. The normalized spacial score (nSPS) is 11.1. The maximum atomic E-state index is 11.5. The van der Waals surface area contributed by atoms with Crippen LogP contribution in [0.2, 0.25) is 0 Å². The van der Waals surface area contributed by atoms with Gasteiger partial charge in [0.25, 0.3) is 5.91 Å². The van der Waals surface area contributed by atoms with Gasteiger partial charge in [-0.1, -0.05) is 18.2 Å². The summed E-state index contributed by atoms with van der Waals surface area (Å²) >= 11 is 0. The third-order valence-electron chi connectivity index (χ3n) is 1.92. The van der Waals surface area contributed by atoms with Crippen molar-refractivity contribution in [2.75, 3.05) is 13.6 Å². The fraction of sp³-hybridized carbons (Fsp3) is 0.273. The molecule has 0 unspecified atom stereocenters. The minimum absolute atomic E-state index is 0.0615. The van der Waals surface area contributed by atoms with E-state index in [0.717, 1.165) is 5.71 Å². The molecule has 14 heavy (non-hydrogen) atoms. The van der Waals surface area contributed by atoms with E-state index in [2.05, 4.69) is 10.3 Å².